The van der Waals surface area contributed by atoms with Gasteiger partial charge in [-0.25, -0.2) is 0 Å². The van der Waals surface area contributed by atoms with Crippen molar-refractivity contribution < 1.29 is 4.79 Å². The number of rotatable bonds is 4. The van der Waals surface area contributed by atoms with Crippen LogP contribution in [-0.4, -0.2) is 47.5 Å². The quantitative estimate of drug-likeness (QED) is 0.748. The van der Waals surface area contributed by atoms with Gasteiger partial charge in [-0.2, -0.15) is 11.8 Å². The summed E-state index contributed by atoms with van der Waals surface area (Å²) in [5.41, 5.74) is 0. The number of hydrogen-bond donors (Lipinski definition) is 1. The molecule has 4 heteroatoms. The van der Waals surface area contributed by atoms with Gasteiger partial charge in [-0.15, -0.1) is 0 Å². The third-order valence-electron chi connectivity index (χ3n) is 2.82. The summed E-state index contributed by atoms with van der Waals surface area (Å²) in [4.78, 5) is 13.4. The van der Waals surface area contributed by atoms with Gasteiger partial charge in [0.1, 0.15) is 0 Å². The number of thioether (sulfide) groups is 1. The van der Waals surface area contributed by atoms with E-state index in [1.165, 1.54) is 11.5 Å². The highest BCUT2D eigenvalue weighted by atomic mass is 32.2. The van der Waals surface area contributed by atoms with Crippen LogP contribution in [0, 0.1) is 0 Å². The zero-order chi connectivity index (χ0) is 9.97. The molecule has 2 rings (SSSR count). The van der Waals surface area contributed by atoms with Crippen LogP contribution in [0.4, 0.5) is 0 Å². The third-order valence-corrected chi connectivity index (χ3v) is 4.10. The SMILES string of the molecule is CC(CN1CCCC1=O)NC1CSC1. The lowest BCUT2D eigenvalue weighted by molar-refractivity contribution is -0.127. The Morgan fingerprint density at radius 1 is 1.64 bits per heavy atom. The van der Waals surface area contributed by atoms with Gasteiger partial charge in [0.05, 0.1) is 0 Å². The van der Waals surface area contributed by atoms with Crippen molar-refractivity contribution in [2.75, 3.05) is 24.6 Å². The van der Waals surface area contributed by atoms with Gasteiger partial charge in [0.15, 0.2) is 0 Å². The fourth-order valence-electron chi connectivity index (χ4n) is 2.01. The number of nitrogens with one attached hydrogen (secondary N) is 1. The van der Waals surface area contributed by atoms with E-state index in [0.717, 1.165) is 25.9 Å². The molecule has 2 aliphatic rings. The molecule has 0 aliphatic carbocycles. The molecule has 1 N–H and O–H groups in total. The molecule has 0 aromatic rings. The Morgan fingerprint density at radius 2 is 2.43 bits per heavy atom. The van der Waals surface area contributed by atoms with Gasteiger partial charge < -0.3 is 10.2 Å². The molecule has 0 radical (unpaired) electrons. The lowest BCUT2D eigenvalue weighted by atomic mass is 10.2. The molecule has 14 heavy (non-hydrogen) atoms. The fraction of sp³-hybridized carbons (Fsp3) is 0.900. The molecule has 1 amide bonds. The standard InChI is InChI=1S/C10H18N2OS/c1-8(11-9-6-14-7-9)5-12-4-2-3-10(12)13/h8-9,11H,2-7H2,1H3. The molecule has 0 saturated carbocycles. The highest BCUT2D eigenvalue weighted by molar-refractivity contribution is 8.00. The molecule has 0 aromatic heterocycles. The molecule has 3 nitrogen and oxygen atoms in total. The maximum atomic E-state index is 11.4. The van der Waals surface area contributed by atoms with Crippen molar-refractivity contribution >= 4 is 17.7 Å². The van der Waals surface area contributed by atoms with Crippen molar-refractivity contribution in [1.82, 2.24) is 10.2 Å². The minimum Gasteiger partial charge on any atom is -0.341 e. The monoisotopic (exact) mass is 214 g/mol. The maximum Gasteiger partial charge on any atom is 0.222 e. The molecular weight excluding hydrogens is 196 g/mol. The lowest BCUT2D eigenvalue weighted by Crippen LogP contribution is -2.49. The Kier molecular flexibility index (Phi) is 3.34. The fourth-order valence-corrected chi connectivity index (χ4v) is 2.68. The van der Waals surface area contributed by atoms with Crippen LogP contribution >= 0.6 is 11.8 Å². The van der Waals surface area contributed by atoms with Gasteiger partial charge in [0.2, 0.25) is 5.91 Å². The summed E-state index contributed by atoms with van der Waals surface area (Å²) >= 11 is 1.99. The predicted molar refractivity (Wildman–Crippen MR) is 59.5 cm³/mol. The number of hydrogen-bond acceptors (Lipinski definition) is 3. The summed E-state index contributed by atoms with van der Waals surface area (Å²) in [5.74, 6) is 2.80. The first-order valence-corrected chi connectivity index (χ1v) is 6.53. The second-order valence-electron chi connectivity index (χ2n) is 4.25. The molecule has 80 valence electrons. The number of amides is 1. The van der Waals surface area contributed by atoms with Crippen LogP contribution < -0.4 is 5.32 Å². The summed E-state index contributed by atoms with van der Waals surface area (Å²) in [5, 5.41) is 3.55. The van der Waals surface area contributed by atoms with Gasteiger partial charge in [0, 0.05) is 43.1 Å². The minimum absolute atomic E-state index is 0.335. The van der Waals surface area contributed by atoms with Crippen molar-refractivity contribution in [3.8, 4) is 0 Å². The Hall–Kier alpha value is -0.220. The third kappa shape index (κ3) is 2.42. The molecule has 2 fully saturated rings. The molecular formula is C10H18N2OS. The van der Waals surface area contributed by atoms with Crippen LogP contribution in [0.5, 0.6) is 0 Å². The summed E-state index contributed by atoms with van der Waals surface area (Å²) < 4.78 is 0. The second-order valence-corrected chi connectivity index (χ2v) is 5.32. The number of nitrogens with zero attached hydrogens (tertiary/aromatic N) is 1. The summed E-state index contributed by atoms with van der Waals surface area (Å²) in [6, 6.07) is 1.13. The molecule has 2 saturated heterocycles. The van der Waals surface area contributed by atoms with Crippen LogP contribution in [0.1, 0.15) is 19.8 Å². The van der Waals surface area contributed by atoms with Gasteiger partial charge in [-0.1, -0.05) is 0 Å². The van der Waals surface area contributed by atoms with E-state index in [1.807, 2.05) is 16.7 Å². The van der Waals surface area contributed by atoms with Crippen LogP contribution in [0.25, 0.3) is 0 Å². The highest BCUT2D eigenvalue weighted by Gasteiger charge is 2.24. The summed E-state index contributed by atoms with van der Waals surface area (Å²) in [6.07, 6.45) is 1.80. The van der Waals surface area contributed by atoms with Gasteiger partial charge in [0.25, 0.3) is 0 Å². The average Bonchev–Trinajstić information content (AvgIpc) is 2.45. The van der Waals surface area contributed by atoms with Crippen LogP contribution in [-0.2, 0) is 4.79 Å². The van der Waals surface area contributed by atoms with Crippen LogP contribution in [0.3, 0.4) is 0 Å². The molecule has 0 bridgehead atoms. The van der Waals surface area contributed by atoms with E-state index < -0.39 is 0 Å². The molecule has 2 aliphatic heterocycles. The van der Waals surface area contributed by atoms with Crippen molar-refractivity contribution in [2.45, 2.75) is 31.8 Å². The second kappa shape index (κ2) is 4.53. The Bertz CT molecular complexity index is 218. The Labute approximate surface area is 89.6 Å². The number of carbonyl (C=O) groups is 1. The largest absolute Gasteiger partial charge is 0.341 e. The summed E-state index contributed by atoms with van der Waals surface area (Å²) in [7, 11) is 0. The van der Waals surface area contributed by atoms with E-state index in [0.29, 0.717) is 18.0 Å². The van der Waals surface area contributed by atoms with Crippen LogP contribution in [0.2, 0.25) is 0 Å². The highest BCUT2D eigenvalue weighted by Crippen LogP contribution is 2.18. The van der Waals surface area contributed by atoms with Crippen molar-refractivity contribution in [2.24, 2.45) is 0 Å². The van der Waals surface area contributed by atoms with Crippen LogP contribution in [0.15, 0.2) is 0 Å². The first-order chi connectivity index (χ1) is 6.75. The van der Waals surface area contributed by atoms with Crippen molar-refractivity contribution in [3.05, 3.63) is 0 Å². The molecule has 1 unspecified atom stereocenters. The number of carbonyl (C=O) groups excluding carboxylic acids is 1. The zero-order valence-electron chi connectivity index (χ0n) is 8.66. The van der Waals surface area contributed by atoms with E-state index in [4.69, 9.17) is 0 Å². The topological polar surface area (TPSA) is 32.3 Å². The maximum absolute atomic E-state index is 11.4. The van der Waals surface area contributed by atoms with E-state index in [1.54, 1.807) is 0 Å². The van der Waals surface area contributed by atoms with E-state index in [2.05, 4.69) is 12.2 Å². The smallest absolute Gasteiger partial charge is 0.222 e. The van der Waals surface area contributed by atoms with Gasteiger partial charge in [-0.05, 0) is 13.3 Å². The molecule has 1 atom stereocenters. The van der Waals surface area contributed by atoms with E-state index in [9.17, 15) is 4.79 Å². The Balaban J connectivity index is 1.70. The van der Waals surface area contributed by atoms with E-state index in [-0.39, 0.29) is 0 Å². The first kappa shape index (κ1) is 10.3. The average molecular weight is 214 g/mol. The first-order valence-electron chi connectivity index (χ1n) is 5.37. The molecule has 0 spiro atoms. The van der Waals surface area contributed by atoms with Gasteiger partial charge >= 0.3 is 0 Å². The number of likely N-dealkylation sites (tertiary alicyclic amines) is 1. The molecule has 0 aromatic carbocycles. The van der Waals surface area contributed by atoms with Gasteiger partial charge in [-0.3, -0.25) is 4.79 Å². The minimum atomic E-state index is 0.335. The lowest BCUT2D eigenvalue weighted by Gasteiger charge is -2.31. The van der Waals surface area contributed by atoms with E-state index >= 15 is 0 Å². The Morgan fingerprint density at radius 3 is 2.93 bits per heavy atom. The zero-order valence-corrected chi connectivity index (χ0v) is 9.48. The van der Waals surface area contributed by atoms with Crippen molar-refractivity contribution in [1.29, 1.82) is 0 Å². The molecule has 2 heterocycles. The van der Waals surface area contributed by atoms with Crippen molar-refractivity contribution in [3.63, 3.8) is 0 Å². The normalized spacial score (nSPS) is 25.2. The predicted octanol–water partition coefficient (Wildman–Crippen LogP) is 0.702. The summed E-state index contributed by atoms with van der Waals surface area (Å²) in [6.45, 7) is 4.03.